The van der Waals surface area contributed by atoms with Crippen LogP contribution in [0.4, 0.5) is 0 Å². The van der Waals surface area contributed by atoms with E-state index in [1.54, 1.807) is 0 Å². The fraction of sp³-hybridized carbons (Fsp3) is 0.562. The van der Waals surface area contributed by atoms with Gasteiger partial charge in [-0.25, -0.2) is 0 Å². The van der Waals surface area contributed by atoms with E-state index in [9.17, 15) is 4.79 Å². The first-order valence-electron chi connectivity index (χ1n) is 8.16. The van der Waals surface area contributed by atoms with Crippen LogP contribution in [0, 0.1) is 0 Å². The van der Waals surface area contributed by atoms with Gasteiger partial charge in [-0.15, -0.1) is 11.3 Å². The number of carbonyl (C=O) groups is 1. The standard InChI is InChI=1S/C16H19N3O4S/c1-9(2)14-17-15(23-18-14)10-4-3-5-19(10)16(20)13-12-11(8-24-13)21-6-7-22-12/h8-10H,3-7H2,1-2H3. The van der Waals surface area contributed by atoms with E-state index in [1.807, 2.05) is 24.1 Å². The molecule has 4 heterocycles. The van der Waals surface area contributed by atoms with Crippen molar-refractivity contribution >= 4 is 17.2 Å². The van der Waals surface area contributed by atoms with Crippen LogP contribution in [-0.2, 0) is 0 Å². The Kier molecular flexibility index (Phi) is 3.91. The number of likely N-dealkylation sites (tertiary alicyclic amines) is 1. The zero-order chi connectivity index (χ0) is 16.7. The van der Waals surface area contributed by atoms with E-state index in [2.05, 4.69) is 10.1 Å². The molecular formula is C16H19N3O4S. The van der Waals surface area contributed by atoms with Gasteiger partial charge in [0.1, 0.15) is 24.1 Å². The summed E-state index contributed by atoms with van der Waals surface area (Å²) in [5.74, 6) is 2.56. The van der Waals surface area contributed by atoms with Crippen molar-refractivity contribution in [2.75, 3.05) is 19.8 Å². The third kappa shape index (κ3) is 2.54. The molecule has 1 saturated heterocycles. The summed E-state index contributed by atoms with van der Waals surface area (Å²) in [7, 11) is 0. The van der Waals surface area contributed by atoms with Gasteiger partial charge < -0.3 is 18.9 Å². The van der Waals surface area contributed by atoms with Crippen molar-refractivity contribution in [1.82, 2.24) is 15.0 Å². The number of rotatable bonds is 3. The Balaban J connectivity index is 1.60. The fourth-order valence-electron chi connectivity index (χ4n) is 3.02. The Labute approximate surface area is 143 Å². The van der Waals surface area contributed by atoms with Crippen LogP contribution in [0.2, 0.25) is 0 Å². The molecule has 1 fully saturated rings. The van der Waals surface area contributed by atoms with E-state index in [0.717, 1.165) is 12.8 Å². The molecule has 1 unspecified atom stereocenters. The van der Waals surface area contributed by atoms with E-state index in [1.165, 1.54) is 11.3 Å². The molecule has 0 N–H and O–H groups in total. The van der Waals surface area contributed by atoms with Crippen molar-refractivity contribution in [2.24, 2.45) is 0 Å². The lowest BCUT2D eigenvalue weighted by Gasteiger charge is -2.22. The van der Waals surface area contributed by atoms with E-state index >= 15 is 0 Å². The molecule has 0 saturated carbocycles. The number of aromatic nitrogens is 2. The second-order valence-corrected chi connectivity index (χ2v) is 7.14. The van der Waals surface area contributed by atoms with Crippen LogP contribution >= 0.6 is 11.3 Å². The molecule has 0 radical (unpaired) electrons. The third-order valence-corrected chi connectivity index (χ3v) is 5.20. The van der Waals surface area contributed by atoms with Crippen LogP contribution in [0.15, 0.2) is 9.90 Å². The molecule has 0 aliphatic carbocycles. The van der Waals surface area contributed by atoms with Gasteiger partial charge in [-0.2, -0.15) is 4.98 Å². The summed E-state index contributed by atoms with van der Waals surface area (Å²) in [5, 5.41) is 5.85. The van der Waals surface area contributed by atoms with Crippen molar-refractivity contribution in [1.29, 1.82) is 0 Å². The second-order valence-electron chi connectivity index (χ2n) is 6.26. The highest BCUT2D eigenvalue weighted by Gasteiger charge is 2.37. The number of hydrogen-bond donors (Lipinski definition) is 0. The summed E-state index contributed by atoms with van der Waals surface area (Å²) < 4.78 is 16.6. The molecule has 2 aliphatic rings. The first-order valence-corrected chi connectivity index (χ1v) is 9.04. The molecule has 7 nitrogen and oxygen atoms in total. The Morgan fingerprint density at radius 1 is 1.38 bits per heavy atom. The molecule has 0 bridgehead atoms. The number of carbonyl (C=O) groups excluding carboxylic acids is 1. The largest absolute Gasteiger partial charge is 0.485 e. The maximum Gasteiger partial charge on any atom is 0.268 e. The van der Waals surface area contributed by atoms with Crippen molar-refractivity contribution in [3.8, 4) is 11.5 Å². The van der Waals surface area contributed by atoms with Gasteiger partial charge in [0.15, 0.2) is 17.3 Å². The maximum absolute atomic E-state index is 13.0. The van der Waals surface area contributed by atoms with Crippen LogP contribution in [-0.4, -0.2) is 40.7 Å². The highest BCUT2D eigenvalue weighted by molar-refractivity contribution is 7.12. The lowest BCUT2D eigenvalue weighted by atomic mass is 10.2. The molecule has 1 atom stereocenters. The molecule has 2 aliphatic heterocycles. The fourth-order valence-corrected chi connectivity index (χ4v) is 3.91. The summed E-state index contributed by atoms with van der Waals surface area (Å²) >= 11 is 1.36. The molecular weight excluding hydrogens is 330 g/mol. The molecule has 2 aromatic rings. The summed E-state index contributed by atoms with van der Waals surface area (Å²) in [6, 6.07) is -0.167. The number of thiophene rings is 1. The minimum absolute atomic E-state index is 0.0569. The summed E-state index contributed by atoms with van der Waals surface area (Å²) in [6.45, 7) is 5.69. The highest BCUT2D eigenvalue weighted by Crippen LogP contribution is 2.42. The SMILES string of the molecule is CC(C)c1noc(C2CCCN2C(=O)c2scc3c2OCCO3)n1. The lowest BCUT2D eigenvalue weighted by Crippen LogP contribution is -2.30. The van der Waals surface area contributed by atoms with Gasteiger partial charge in [-0.1, -0.05) is 19.0 Å². The summed E-state index contributed by atoms with van der Waals surface area (Å²) in [6.07, 6.45) is 1.75. The van der Waals surface area contributed by atoms with Crippen LogP contribution in [0.5, 0.6) is 11.5 Å². The number of fused-ring (bicyclic) bond motifs is 1. The predicted octanol–water partition coefficient (Wildman–Crippen LogP) is 3.00. The van der Waals surface area contributed by atoms with E-state index < -0.39 is 0 Å². The van der Waals surface area contributed by atoms with Gasteiger partial charge in [0.05, 0.1) is 0 Å². The molecule has 0 spiro atoms. The van der Waals surface area contributed by atoms with Crippen LogP contribution in [0.1, 0.15) is 60.0 Å². The van der Waals surface area contributed by atoms with Gasteiger partial charge >= 0.3 is 0 Å². The van der Waals surface area contributed by atoms with Gasteiger partial charge in [-0.3, -0.25) is 4.79 Å². The molecule has 1 amide bonds. The average Bonchev–Trinajstić information content (AvgIpc) is 3.31. The van der Waals surface area contributed by atoms with Gasteiger partial charge in [0.25, 0.3) is 5.91 Å². The van der Waals surface area contributed by atoms with Crippen molar-refractivity contribution in [3.63, 3.8) is 0 Å². The average molecular weight is 349 g/mol. The maximum atomic E-state index is 13.0. The third-order valence-electron chi connectivity index (χ3n) is 4.27. The normalized spacial score (nSPS) is 20.0. The number of hydrogen-bond acceptors (Lipinski definition) is 7. The Morgan fingerprint density at radius 2 is 2.21 bits per heavy atom. The summed E-state index contributed by atoms with van der Waals surface area (Å²) in [5.41, 5.74) is 0. The molecule has 0 aromatic carbocycles. The topological polar surface area (TPSA) is 77.7 Å². The molecule has 8 heteroatoms. The van der Waals surface area contributed by atoms with Crippen molar-refractivity contribution in [2.45, 2.75) is 38.6 Å². The summed E-state index contributed by atoms with van der Waals surface area (Å²) in [4.78, 5) is 19.9. The van der Waals surface area contributed by atoms with Crippen molar-refractivity contribution in [3.05, 3.63) is 22.0 Å². The quantitative estimate of drug-likeness (QED) is 0.848. The zero-order valence-electron chi connectivity index (χ0n) is 13.7. The van der Waals surface area contributed by atoms with Gasteiger partial charge in [0, 0.05) is 17.8 Å². The number of nitrogens with zero attached hydrogens (tertiary/aromatic N) is 3. The highest BCUT2D eigenvalue weighted by atomic mass is 32.1. The zero-order valence-corrected chi connectivity index (χ0v) is 14.5. The molecule has 2 aromatic heterocycles. The van der Waals surface area contributed by atoms with Gasteiger partial charge in [0.2, 0.25) is 5.89 Å². The lowest BCUT2D eigenvalue weighted by molar-refractivity contribution is 0.0706. The predicted molar refractivity (Wildman–Crippen MR) is 86.7 cm³/mol. The van der Waals surface area contributed by atoms with Crippen LogP contribution in [0.3, 0.4) is 0 Å². The molecule has 24 heavy (non-hydrogen) atoms. The van der Waals surface area contributed by atoms with Crippen LogP contribution < -0.4 is 9.47 Å². The minimum Gasteiger partial charge on any atom is -0.485 e. The molecule has 128 valence electrons. The monoisotopic (exact) mass is 349 g/mol. The van der Waals surface area contributed by atoms with Crippen molar-refractivity contribution < 1.29 is 18.8 Å². The number of ether oxygens (including phenoxy) is 2. The molecule has 4 rings (SSSR count). The Morgan fingerprint density at radius 3 is 3.00 bits per heavy atom. The Bertz CT molecular complexity index is 754. The van der Waals surface area contributed by atoms with E-state index in [4.69, 9.17) is 14.0 Å². The number of amides is 1. The first-order chi connectivity index (χ1) is 11.6. The van der Waals surface area contributed by atoms with Crippen LogP contribution in [0.25, 0.3) is 0 Å². The second kappa shape index (κ2) is 6.08. The smallest absolute Gasteiger partial charge is 0.268 e. The van der Waals surface area contributed by atoms with Gasteiger partial charge in [-0.05, 0) is 12.8 Å². The minimum atomic E-state index is -0.167. The first kappa shape index (κ1) is 15.4. The van der Waals surface area contributed by atoms with E-state index in [0.29, 0.717) is 47.8 Å². The van der Waals surface area contributed by atoms with E-state index in [-0.39, 0.29) is 17.9 Å². The Hall–Kier alpha value is -2.09.